The first-order valence-corrected chi connectivity index (χ1v) is 6.97. The summed E-state index contributed by atoms with van der Waals surface area (Å²) in [7, 11) is 0. The number of pyridine rings is 1. The van der Waals surface area contributed by atoms with Crippen LogP contribution in [0.15, 0.2) is 6.07 Å². The summed E-state index contributed by atoms with van der Waals surface area (Å²) in [6.45, 7) is 7.72. The number of aryl methyl sites for hydroxylation is 2. The number of carboxylic acid groups (broad SMARTS) is 1. The van der Waals surface area contributed by atoms with E-state index in [1.54, 1.807) is 13.0 Å². The Kier molecular flexibility index (Phi) is 5.69. The van der Waals surface area contributed by atoms with Gasteiger partial charge in [-0.25, -0.2) is 0 Å². The van der Waals surface area contributed by atoms with Gasteiger partial charge in [0, 0.05) is 12.2 Å². The maximum absolute atomic E-state index is 11.5. The number of rotatable bonds is 7. The Hall–Kier alpha value is -2.11. The van der Waals surface area contributed by atoms with Crippen LogP contribution in [0.4, 0.5) is 5.69 Å². The fourth-order valence-electron chi connectivity index (χ4n) is 2.35. The number of carbonyl (C=O) groups excluding carboxylic acids is 1. The molecule has 0 aromatic carbocycles. The van der Waals surface area contributed by atoms with Crippen LogP contribution in [0.5, 0.6) is 0 Å². The minimum absolute atomic E-state index is 0.247. The van der Waals surface area contributed by atoms with E-state index in [-0.39, 0.29) is 12.5 Å². The third-order valence-electron chi connectivity index (χ3n) is 3.22. The summed E-state index contributed by atoms with van der Waals surface area (Å²) in [5.41, 5.74) is 7.52. The van der Waals surface area contributed by atoms with Gasteiger partial charge in [0.05, 0.1) is 22.9 Å². The highest BCUT2D eigenvalue weighted by molar-refractivity contribution is 5.99. The summed E-state index contributed by atoms with van der Waals surface area (Å²) in [5, 5.41) is 12.3. The normalized spacial score (nSPS) is 12.2. The largest absolute Gasteiger partial charge is 0.481 e. The predicted octanol–water partition coefficient (Wildman–Crippen LogP) is 1.96. The zero-order chi connectivity index (χ0) is 16.2. The number of primary amides is 1. The van der Waals surface area contributed by atoms with Crippen LogP contribution in [-0.2, 0) is 4.79 Å². The molecule has 116 valence electrons. The molecule has 0 aliphatic rings. The summed E-state index contributed by atoms with van der Waals surface area (Å²) < 4.78 is 0. The number of hydrogen-bond acceptors (Lipinski definition) is 4. The van der Waals surface area contributed by atoms with Crippen molar-refractivity contribution in [3.05, 3.63) is 23.0 Å². The lowest BCUT2D eigenvalue weighted by Crippen LogP contribution is -2.26. The van der Waals surface area contributed by atoms with Gasteiger partial charge in [-0.1, -0.05) is 13.8 Å². The topological polar surface area (TPSA) is 105 Å². The van der Waals surface area contributed by atoms with Crippen LogP contribution in [0.3, 0.4) is 0 Å². The summed E-state index contributed by atoms with van der Waals surface area (Å²) in [6.07, 6.45) is 0.567. The molecule has 0 bridgehead atoms. The van der Waals surface area contributed by atoms with Crippen molar-refractivity contribution in [1.29, 1.82) is 0 Å². The summed E-state index contributed by atoms with van der Waals surface area (Å²) in [6, 6.07) is 1.71. The lowest BCUT2D eigenvalue weighted by atomic mass is 9.97. The van der Waals surface area contributed by atoms with Gasteiger partial charge in [0.25, 0.3) is 5.91 Å². The fraction of sp³-hybridized carbons (Fsp3) is 0.533. The SMILES string of the molecule is Cc1cc(NCC(CC(C)C)C(=O)O)c(C(N)=O)c(C)n1. The molecule has 0 aliphatic carbocycles. The van der Waals surface area contributed by atoms with E-state index in [0.717, 1.165) is 5.69 Å². The molecule has 1 aromatic heterocycles. The van der Waals surface area contributed by atoms with Gasteiger partial charge in [-0.2, -0.15) is 0 Å². The van der Waals surface area contributed by atoms with Crippen LogP contribution in [0.25, 0.3) is 0 Å². The number of carbonyl (C=O) groups is 2. The lowest BCUT2D eigenvalue weighted by Gasteiger charge is -2.18. The molecular weight excluding hydrogens is 270 g/mol. The van der Waals surface area contributed by atoms with Crippen LogP contribution < -0.4 is 11.1 Å². The summed E-state index contributed by atoms with van der Waals surface area (Å²) in [4.78, 5) is 27.0. The van der Waals surface area contributed by atoms with Crippen LogP contribution in [-0.4, -0.2) is 28.5 Å². The number of nitrogens with one attached hydrogen (secondary N) is 1. The third kappa shape index (κ3) is 4.73. The highest BCUT2D eigenvalue weighted by atomic mass is 16.4. The third-order valence-corrected chi connectivity index (χ3v) is 3.22. The monoisotopic (exact) mass is 293 g/mol. The van der Waals surface area contributed by atoms with E-state index in [2.05, 4.69) is 10.3 Å². The number of carboxylic acids is 1. The van der Waals surface area contributed by atoms with E-state index in [0.29, 0.717) is 23.4 Å². The molecule has 1 rings (SSSR count). The average molecular weight is 293 g/mol. The van der Waals surface area contributed by atoms with Gasteiger partial charge in [0.15, 0.2) is 0 Å². The number of aliphatic carboxylic acids is 1. The molecule has 6 nitrogen and oxygen atoms in total. The molecular formula is C15H23N3O3. The van der Waals surface area contributed by atoms with E-state index >= 15 is 0 Å². The molecule has 0 aliphatic heterocycles. The minimum Gasteiger partial charge on any atom is -0.481 e. The second-order valence-corrected chi connectivity index (χ2v) is 5.68. The molecule has 1 aromatic rings. The van der Waals surface area contributed by atoms with Gasteiger partial charge in [-0.05, 0) is 32.3 Å². The first-order chi connectivity index (χ1) is 9.72. The van der Waals surface area contributed by atoms with E-state index < -0.39 is 17.8 Å². The van der Waals surface area contributed by atoms with E-state index in [1.165, 1.54) is 0 Å². The maximum Gasteiger partial charge on any atom is 0.308 e. The smallest absolute Gasteiger partial charge is 0.308 e. The Morgan fingerprint density at radius 3 is 2.48 bits per heavy atom. The number of nitrogens with zero attached hydrogens (tertiary/aromatic N) is 1. The van der Waals surface area contributed by atoms with Crippen molar-refractivity contribution in [3.8, 4) is 0 Å². The average Bonchev–Trinajstić information content (AvgIpc) is 2.32. The van der Waals surface area contributed by atoms with E-state index in [4.69, 9.17) is 5.73 Å². The van der Waals surface area contributed by atoms with Crippen molar-refractivity contribution >= 4 is 17.6 Å². The Morgan fingerprint density at radius 1 is 1.38 bits per heavy atom. The Balaban J connectivity index is 2.96. The lowest BCUT2D eigenvalue weighted by molar-refractivity contribution is -0.141. The standard InChI is InChI=1S/C15H23N3O3/c1-8(2)5-11(15(20)21)7-17-12-6-9(3)18-10(4)13(12)14(16)19/h6,8,11H,5,7H2,1-4H3,(H2,16,19)(H,17,18)(H,20,21). The van der Waals surface area contributed by atoms with Gasteiger partial charge >= 0.3 is 5.97 Å². The Bertz CT molecular complexity index is 541. The summed E-state index contributed by atoms with van der Waals surface area (Å²) in [5.74, 6) is -1.65. The molecule has 6 heteroatoms. The number of hydrogen-bond donors (Lipinski definition) is 3. The molecule has 1 unspecified atom stereocenters. The highest BCUT2D eigenvalue weighted by Gasteiger charge is 2.20. The molecule has 0 saturated heterocycles. The number of anilines is 1. The minimum atomic E-state index is -0.848. The van der Waals surface area contributed by atoms with Crippen molar-refractivity contribution < 1.29 is 14.7 Å². The van der Waals surface area contributed by atoms with E-state index in [9.17, 15) is 14.7 Å². The Morgan fingerprint density at radius 2 is 2.00 bits per heavy atom. The van der Waals surface area contributed by atoms with Crippen molar-refractivity contribution in [3.63, 3.8) is 0 Å². The first-order valence-electron chi connectivity index (χ1n) is 6.97. The van der Waals surface area contributed by atoms with Crippen molar-refractivity contribution in [2.45, 2.75) is 34.1 Å². The van der Waals surface area contributed by atoms with E-state index in [1.807, 2.05) is 20.8 Å². The Labute approximate surface area is 124 Å². The van der Waals surface area contributed by atoms with Crippen molar-refractivity contribution in [1.82, 2.24) is 4.98 Å². The highest BCUT2D eigenvalue weighted by Crippen LogP contribution is 2.21. The van der Waals surface area contributed by atoms with Crippen LogP contribution in [0, 0.1) is 25.7 Å². The molecule has 0 radical (unpaired) electrons. The molecule has 1 heterocycles. The first kappa shape index (κ1) is 16.9. The van der Waals surface area contributed by atoms with Crippen LogP contribution in [0.2, 0.25) is 0 Å². The van der Waals surface area contributed by atoms with Gasteiger partial charge in [0.2, 0.25) is 0 Å². The zero-order valence-electron chi connectivity index (χ0n) is 12.9. The summed E-state index contributed by atoms with van der Waals surface area (Å²) >= 11 is 0. The van der Waals surface area contributed by atoms with Gasteiger partial charge in [-0.3, -0.25) is 14.6 Å². The number of aromatic nitrogens is 1. The van der Waals surface area contributed by atoms with Crippen LogP contribution in [0.1, 0.15) is 42.0 Å². The molecule has 0 spiro atoms. The molecule has 21 heavy (non-hydrogen) atoms. The molecule has 1 amide bonds. The molecule has 1 atom stereocenters. The van der Waals surface area contributed by atoms with Gasteiger partial charge < -0.3 is 16.2 Å². The van der Waals surface area contributed by atoms with Crippen LogP contribution >= 0.6 is 0 Å². The number of amides is 1. The second-order valence-electron chi connectivity index (χ2n) is 5.68. The van der Waals surface area contributed by atoms with Gasteiger partial charge in [-0.15, -0.1) is 0 Å². The fourth-order valence-corrected chi connectivity index (χ4v) is 2.35. The molecule has 0 saturated carbocycles. The quantitative estimate of drug-likeness (QED) is 0.712. The number of nitrogens with two attached hydrogens (primary N) is 1. The van der Waals surface area contributed by atoms with Crippen molar-refractivity contribution in [2.75, 3.05) is 11.9 Å². The van der Waals surface area contributed by atoms with Gasteiger partial charge in [0.1, 0.15) is 0 Å². The maximum atomic E-state index is 11.5. The zero-order valence-corrected chi connectivity index (χ0v) is 12.9. The molecule has 4 N–H and O–H groups in total. The van der Waals surface area contributed by atoms with Crippen molar-refractivity contribution in [2.24, 2.45) is 17.6 Å². The predicted molar refractivity (Wildman–Crippen MR) is 81.3 cm³/mol. The second kappa shape index (κ2) is 7.06. The molecule has 0 fully saturated rings.